The van der Waals surface area contributed by atoms with Gasteiger partial charge in [-0.3, -0.25) is 0 Å². The topological polar surface area (TPSA) is 89.9 Å². The van der Waals surface area contributed by atoms with Crippen LogP contribution in [-0.4, -0.2) is 45.8 Å². The molecule has 2 rings (SSSR count). The van der Waals surface area contributed by atoms with E-state index < -0.39 is 35.8 Å². The highest BCUT2D eigenvalue weighted by atomic mass is 19.1. The molecule has 3 N–H and O–H groups in total. The number of aliphatic hydroxyl groups is 1. The Morgan fingerprint density at radius 2 is 2.05 bits per heavy atom. The third-order valence-electron chi connectivity index (χ3n) is 2.99. The number of aliphatic carboxylic acids is 1. The fraction of sp³-hybridized carbons (Fsp3) is 0.333. The molecule has 0 saturated carbocycles. The number of carboxylic acids is 1. The summed E-state index contributed by atoms with van der Waals surface area (Å²) in [5, 5.41) is 20.5. The van der Waals surface area contributed by atoms with Gasteiger partial charge in [-0.15, -0.1) is 0 Å². The lowest BCUT2D eigenvalue weighted by Gasteiger charge is -2.21. The van der Waals surface area contributed by atoms with Crippen LogP contribution < -0.4 is 5.32 Å². The molecule has 1 aliphatic rings. The largest absolute Gasteiger partial charge is 0.480 e. The highest BCUT2D eigenvalue weighted by Crippen LogP contribution is 2.21. The fourth-order valence-corrected chi connectivity index (χ4v) is 2.05. The normalized spacial score (nSPS) is 21.9. The Bertz CT molecular complexity index is 552. The summed E-state index contributed by atoms with van der Waals surface area (Å²) < 4.78 is 26.4. The van der Waals surface area contributed by atoms with E-state index in [1.807, 2.05) is 0 Å². The zero-order chi connectivity index (χ0) is 14.9. The molecule has 1 aliphatic heterocycles. The van der Waals surface area contributed by atoms with Gasteiger partial charge in [0.2, 0.25) is 0 Å². The van der Waals surface area contributed by atoms with E-state index in [9.17, 15) is 23.5 Å². The molecule has 1 saturated heterocycles. The Morgan fingerprint density at radius 3 is 2.70 bits per heavy atom. The Morgan fingerprint density at radius 1 is 1.35 bits per heavy atom. The number of carbonyl (C=O) groups is 2. The minimum Gasteiger partial charge on any atom is -0.480 e. The van der Waals surface area contributed by atoms with Crippen LogP contribution >= 0.6 is 0 Å². The average Bonchev–Trinajstić information content (AvgIpc) is 2.76. The Labute approximate surface area is 112 Å². The van der Waals surface area contributed by atoms with Gasteiger partial charge in [0.15, 0.2) is 0 Å². The smallest absolute Gasteiger partial charge is 0.326 e. The molecule has 0 bridgehead atoms. The van der Waals surface area contributed by atoms with Crippen molar-refractivity contribution in [2.75, 3.05) is 11.9 Å². The molecule has 20 heavy (non-hydrogen) atoms. The van der Waals surface area contributed by atoms with Gasteiger partial charge in [-0.05, 0) is 12.1 Å². The molecule has 2 amide bonds. The van der Waals surface area contributed by atoms with Crippen molar-refractivity contribution in [2.45, 2.75) is 18.6 Å². The molecule has 2 atom stereocenters. The standard InChI is InChI=1S/C12H12F2N2O4/c13-6-1-2-8(14)9(3-6)15-12(20)16-5-7(17)4-10(16)11(18)19/h1-3,7,10,17H,4-5H2,(H,15,20)(H,18,19)/t7-,10-/m0/s1. The molecule has 0 spiro atoms. The maximum atomic E-state index is 13.4. The maximum absolute atomic E-state index is 13.4. The summed E-state index contributed by atoms with van der Waals surface area (Å²) in [5.74, 6) is -2.85. The number of rotatable bonds is 2. The molecule has 0 aliphatic carbocycles. The average molecular weight is 286 g/mol. The second-order valence-electron chi connectivity index (χ2n) is 4.45. The number of carboxylic acid groups (broad SMARTS) is 1. The first-order valence-electron chi connectivity index (χ1n) is 5.82. The van der Waals surface area contributed by atoms with Crippen LogP contribution in [0.15, 0.2) is 18.2 Å². The number of hydrogen-bond donors (Lipinski definition) is 3. The predicted molar refractivity (Wildman–Crippen MR) is 64.1 cm³/mol. The minimum absolute atomic E-state index is 0.103. The molecule has 0 radical (unpaired) electrons. The second kappa shape index (κ2) is 5.41. The molecule has 0 aromatic heterocycles. The number of nitrogens with zero attached hydrogens (tertiary/aromatic N) is 1. The van der Waals surface area contributed by atoms with E-state index in [1.165, 1.54) is 0 Å². The number of benzene rings is 1. The lowest BCUT2D eigenvalue weighted by Crippen LogP contribution is -2.43. The number of nitrogens with one attached hydrogen (secondary N) is 1. The quantitative estimate of drug-likeness (QED) is 0.757. The highest BCUT2D eigenvalue weighted by molar-refractivity contribution is 5.92. The number of carbonyl (C=O) groups excluding carboxylic acids is 1. The van der Waals surface area contributed by atoms with E-state index in [2.05, 4.69) is 5.32 Å². The first-order valence-corrected chi connectivity index (χ1v) is 5.82. The Hall–Kier alpha value is -2.22. The van der Waals surface area contributed by atoms with E-state index in [0.29, 0.717) is 0 Å². The third-order valence-corrected chi connectivity index (χ3v) is 2.99. The van der Waals surface area contributed by atoms with Crippen LogP contribution in [0.2, 0.25) is 0 Å². The van der Waals surface area contributed by atoms with Crippen molar-refractivity contribution in [2.24, 2.45) is 0 Å². The van der Waals surface area contributed by atoms with Crippen molar-refractivity contribution in [1.82, 2.24) is 4.90 Å². The molecule has 1 fully saturated rings. The zero-order valence-electron chi connectivity index (χ0n) is 10.2. The van der Waals surface area contributed by atoms with Crippen molar-refractivity contribution >= 4 is 17.7 Å². The summed E-state index contributed by atoms with van der Waals surface area (Å²) in [6, 6.07) is 0.429. The number of aliphatic hydroxyl groups excluding tert-OH is 1. The van der Waals surface area contributed by atoms with Crippen LogP contribution in [0.1, 0.15) is 6.42 Å². The van der Waals surface area contributed by atoms with E-state index in [0.717, 1.165) is 23.1 Å². The number of hydrogen-bond acceptors (Lipinski definition) is 3. The number of halogens is 2. The van der Waals surface area contributed by atoms with E-state index in [1.54, 1.807) is 0 Å². The van der Waals surface area contributed by atoms with E-state index in [-0.39, 0.29) is 18.7 Å². The number of anilines is 1. The Balaban J connectivity index is 2.15. The van der Waals surface area contributed by atoms with Crippen LogP contribution in [0.5, 0.6) is 0 Å². The van der Waals surface area contributed by atoms with Gasteiger partial charge in [0.1, 0.15) is 17.7 Å². The maximum Gasteiger partial charge on any atom is 0.326 e. The van der Waals surface area contributed by atoms with E-state index in [4.69, 9.17) is 5.11 Å². The lowest BCUT2D eigenvalue weighted by atomic mass is 10.2. The molecule has 0 unspecified atom stereocenters. The summed E-state index contributed by atoms with van der Waals surface area (Å²) in [5.41, 5.74) is -0.388. The zero-order valence-corrected chi connectivity index (χ0v) is 10.2. The monoisotopic (exact) mass is 286 g/mol. The summed E-state index contributed by atoms with van der Waals surface area (Å²) in [4.78, 5) is 23.7. The molecule has 1 heterocycles. The first kappa shape index (κ1) is 14.2. The van der Waals surface area contributed by atoms with Crippen LogP contribution in [0.4, 0.5) is 19.3 Å². The van der Waals surface area contributed by atoms with Gasteiger partial charge in [0.25, 0.3) is 0 Å². The molecule has 1 aromatic rings. The van der Waals surface area contributed by atoms with E-state index >= 15 is 0 Å². The summed E-state index contributed by atoms with van der Waals surface area (Å²) in [7, 11) is 0. The van der Waals surface area contributed by atoms with Crippen LogP contribution in [0.3, 0.4) is 0 Å². The van der Waals surface area contributed by atoms with Gasteiger partial charge in [-0.2, -0.15) is 0 Å². The number of β-amino-alcohol motifs (C(OH)–C–C–N with tert-alkyl or cyclic N) is 1. The van der Waals surface area contributed by atoms with Crippen LogP contribution in [0, 0.1) is 11.6 Å². The van der Waals surface area contributed by atoms with Crippen molar-refractivity contribution in [3.8, 4) is 0 Å². The van der Waals surface area contributed by atoms with Crippen molar-refractivity contribution in [3.05, 3.63) is 29.8 Å². The summed E-state index contributed by atoms with van der Waals surface area (Å²) in [6.45, 7) is -0.181. The Kier molecular flexibility index (Phi) is 3.84. The molecule has 108 valence electrons. The van der Waals surface area contributed by atoms with Crippen molar-refractivity contribution in [3.63, 3.8) is 0 Å². The SMILES string of the molecule is O=C(O)[C@@H]1C[C@H](O)CN1C(=O)Nc1cc(F)ccc1F. The highest BCUT2D eigenvalue weighted by Gasteiger charge is 2.39. The van der Waals surface area contributed by atoms with Gasteiger partial charge in [-0.1, -0.05) is 0 Å². The van der Waals surface area contributed by atoms with Gasteiger partial charge >= 0.3 is 12.0 Å². The van der Waals surface area contributed by atoms with Gasteiger partial charge in [-0.25, -0.2) is 18.4 Å². The van der Waals surface area contributed by atoms with Crippen molar-refractivity contribution in [1.29, 1.82) is 0 Å². The second-order valence-corrected chi connectivity index (χ2v) is 4.45. The third kappa shape index (κ3) is 2.85. The van der Waals surface area contributed by atoms with Gasteiger partial charge in [0, 0.05) is 19.0 Å². The van der Waals surface area contributed by atoms with Crippen LogP contribution in [-0.2, 0) is 4.79 Å². The van der Waals surface area contributed by atoms with Gasteiger partial charge in [0.05, 0.1) is 11.8 Å². The summed E-state index contributed by atoms with van der Waals surface area (Å²) >= 11 is 0. The lowest BCUT2D eigenvalue weighted by molar-refractivity contribution is -0.141. The molecular weight excluding hydrogens is 274 g/mol. The van der Waals surface area contributed by atoms with Crippen molar-refractivity contribution < 1.29 is 28.6 Å². The number of likely N-dealkylation sites (tertiary alicyclic amines) is 1. The first-order chi connectivity index (χ1) is 9.38. The number of amides is 2. The molecular formula is C12H12F2N2O4. The van der Waals surface area contributed by atoms with Crippen LogP contribution in [0.25, 0.3) is 0 Å². The fourth-order valence-electron chi connectivity index (χ4n) is 2.05. The summed E-state index contributed by atoms with van der Waals surface area (Å²) in [6.07, 6.45) is -1.06. The number of urea groups is 1. The molecule has 6 nitrogen and oxygen atoms in total. The van der Waals surface area contributed by atoms with Gasteiger partial charge < -0.3 is 20.4 Å². The molecule has 1 aromatic carbocycles. The predicted octanol–water partition coefficient (Wildman–Crippen LogP) is 1.02. The minimum atomic E-state index is -1.27. The molecule has 8 heteroatoms.